The van der Waals surface area contributed by atoms with Crippen LogP contribution in [0.4, 0.5) is 5.69 Å². The minimum atomic E-state index is -0.689. The van der Waals surface area contributed by atoms with Crippen LogP contribution in [-0.4, -0.2) is 31.3 Å². The molecular weight excluding hydrogens is 438 g/mol. The van der Waals surface area contributed by atoms with Crippen LogP contribution in [0.2, 0.25) is 0 Å². The number of ether oxygens (including phenoxy) is 2. The summed E-state index contributed by atoms with van der Waals surface area (Å²) < 4.78 is 10.8. The van der Waals surface area contributed by atoms with Crippen LogP contribution < -0.4 is 15.4 Å². The van der Waals surface area contributed by atoms with Crippen LogP contribution in [0.1, 0.15) is 25.3 Å². The number of carbonyl (C=O) groups is 2. The van der Waals surface area contributed by atoms with Gasteiger partial charge in [0.1, 0.15) is 5.75 Å². The number of hydrogen-bond donors (Lipinski definition) is 2. The molecule has 8 heteroatoms. The molecule has 0 aromatic heterocycles. The highest BCUT2D eigenvalue weighted by molar-refractivity contribution is 8.03. The molecule has 0 bridgehead atoms. The van der Waals surface area contributed by atoms with E-state index in [0.717, 1.165) is 0 Å². The second kappa shape index (κ2) is 11.2. The fourth-order valence-electron chi connectivity index (χ4n) is 3.58. The summed E-state index contributed by atoms with van der Waals surface area (Å²) >= 11 is 1.21. The number of methoxy groups -OCH3 is 1. The second-order valence-corrected chi connectivity index (χ2v) is 8.10. The number of esters is 1. The van der Waals surface area contributed by atoms with Crippen LogP contribution in [0.15, 0.2) is 76.5 Å². The lowest BCUT2D eigenvalue weighted by molar-refractivity contribution is -0.136. The van der Waals surface area contributed by atoms with Gasteiger partial charge >= 0.3 is 5.97 Å². The first kappa shape index (κ1) is 24.0. The van der Waals surface area contributed by atoms with E-state index >= 15 is 0 Å². The highest BCUT2D eigenvalue weighted by Gasteiger charge is 2.36. The Balaban J connectivity index is 1.96. The van der Waals surface area contributed by atoms with Gasteiger partial charge in [0, 0.05) is 16.9 Å². The Bertz CT molecular complexity index is 1140. The predicted octanol–water partition coefficient (Wildman–Crippen LogP) is 4.33. The highest BCUT2D eigenvalue weighted by atomic mass is 32.2. The minimum Gasteiger partial charge on any atom is -0.494 e. The number of amides is 1. The third kappa shape index (κ3) is 5.57. The van der Waals surface area contributed by atoms with Gasteiger partial charge < -0.3 is 20.1 Å². The van der Waals surface area contributed by atoms with Gasteiger partial charge in [-0.2, -0.15) is 5.26 Å². The summed E-state index contributed by atoms with van der Waals surface area (Å²) in [6.45, 7) is 4.06. The number of nitriles is 1. The summed E-state index contributed by atoms with van der Waals surface area (Å²) in [5.41, 5.74) is 2.60. The molecule has 1 aliphatic rings. The molecule has 0 radical (unpaired) electrons. The number of dihydropyridines is 1. The summed E-state index contributed by atoms with van der Waals surface area (Å²) in [5.74, 6) is -0.756. The molecule has 1 amide bonds. The van der Waals surface area contributed by atoms with Crippen LogP contribution in [0.25, 0.3) is 0 Å². The summed E-state index contributed by atoms with van der Waals surface area (Å²) in [4.78, 5) is 25.2. The SMILES string of the molecule is CCOc1ccccc1[C@H]1C(C#N)=C(SCC(=O)Nc2ccccc2)NC(C)=C1C(=O)OC. The van der Waals surface area contributed by atoms with Crippen molar-refractivity contribution >= 4 is 29.3 Å². The molecule has 33 heavy (non-hydrogen) atoms. The zero-order valence-corrected chi connectivity index (χ0v) is 19.5. The first-order valence-corrected chi connectivity index (χ1v) is 11.4. The Kier molecular flexibility index (Phi) is 8.17. The number of hydrogen-bond acceptors (Lipinski definition) is 7. The Morgan fingerprint density at radius 3 is 2.52 bits per heavy atom. The van der Waals surface area contributed by atoms with Gasteiger partial charge in [-0.05, 0) is 32.0 Å². The predicted molar refractivity (Wildman–Crippen MR) is 128 cm³/mol. The Morgan fingerprint density at radius 2 is 1.85 bits per heavy atom. The molecular formula is C25H25N3O4S. The summed E-state index contributed by atoms with van der Waals surface area (Å²) in [6.07, 6.45) is 0. The van der Waals surface area contributed by atoms with Crippen molar-refractivity contribution in [1.29, 1.82) is 5.26 Å². The largest absolute Gasteiger partial charge is 0.494 e. The average Bonchev–Trinajstić information content (AvgIpc) is 2.83. The topological polar surface area (TPSA) is 100 Å². The van der Waals surface area contributed by atoms with Crippen molar-refractivity contribution in [3.8, 4) is 11.8 Å². The summed E-state index contributed by atoms with van der Waals surface area (Å²) in [7, 11) is 1.31. The lowest BCUT2D eigenvalue weighted by Gasteiger charge is -2.30. The Labute approximate surface area is 197 Å². The highest BCUT2D eigenvalue weighted by Crippen LogP contribution is 2.43. The monoisotopic (exact) mass is 463 g/mol. The van der Waals surface area contributed by atoms with Crippen molar-refractivity contribution < 1.29 is 19.1 Å². The van der Waals surface area contributed by atoms with E-state index in [-0.39, 0.29) is 11.7 Å². The van der Waals surface area contributed by atoms with Crippen molar-refractivity contribution in [2.45, 2.75) is 19.8 Å². The van der Waals surface area contributed by atoms with Crippen LogP contribution in [-0.2, 0) is 14.3 Å². The lowest BCUT2D eigenvalue weighted by Crippen LogP contribution is -2.29. The van der Waals surface area contributed by atoms with Gasteiger partial charge in [0.15, 0.2) is 0 Å². The number of benzene rings is 2. The number of rotatable bonds is 8. The summed E-state index contributed by atoms with van der Waals surface area (Å²) in [6, 6.07) is 18.7. The Hall–Kier alpha value is -3.70. The maximum atomic E-state index is 12.7. The van der Waals surface area contributed by atoms with Gasteiger partial charge in [0.25, 0.3) is 0 Å². The number of nitrogens with one attached hydrogen (secondary N) is 2. The van der Waals surface area contributed by atoms with Gasteiger partial charge in [0.05, 0.1) is 47.6 Å². The van der Waals surface area contributed by atoms with E-state index in [0.29, 0.717) is 45.5 Å². The molecule has 0 unspecified atom stereocenters. The third-order valence-corrected chi connectivity index (χ3v) is 6.00. The number of thioether (sulfide) groups is 1. The number of carbonyl (C=O) groups excluding carboxylic acids is 2. The van der Waals surface area contributed by atoms with Gasteiger partial charge in [0.2, 0.25) is 5.91 Å². The zero-order valence-electron chi connectivity index (χ0n) is 18.7. The average molecular weight is 464 g/mol. The maximum Gasteiger partial charge on any atom is 0.336 e. The van der Waals surface area contributed by atoms with E-state index in [1.807, 2.05) is 43.3 Å². The van der Waals surface area contributed by atoms with Gasteiger partial charge in [-0.25, -0.2) is 4.79 Å². The molecule has 170 valence electrons. The number of nitrogens with zero attached hydrogens (tertiary/aromatic N) is 1. The van der Waals surface area contributed by atoms with Crippen LogP contribution in [0, 0.1) is 11.3 Å². The fraction of sp³-hybridized carbons (Fsp3) is 0.240. The molecule has 0 spiro atoms. The van der Waals surface area contributed by atoms with Gasteiger partial charge in [-0.1, -0.05) is 48.2 Å². The number of allylic oxidation sites excluding steroid dienone is 2. The molecule has 0 saturated carbocycles. The van der Waals surface area contributed by atoms with E-state index in [2.05, 4.69) is 16.7 Å². The second-order valence-electron chi connectivity index (χ2n) is 7.12. The first-order valence-electron chi connectivity index (χ1n) is 10.4. The third-order valence-electron chi connectivity index (χ3n) is 4.99. The lowest BCUT2D eigenvalue weighted by atomic mass is 9.82. The van der Waals surface area contributed by atoms with E-state index in [1.54, 1.807) is 25.1 Å². The van der Waals surface area contributed by atoms with E-state index in [9.17, 15) is 14.9 Å². The first-order chi connectivity index (χ1) is 16.0. The molecule has 3 rings (SSSR count). The molecule has 1 heterocycles. The van der Waals surface area contributed by atoms with Crippen LogP contribution in [0.5, 0.6) is 5.75 Å². The molecule has 1 aliphatic heterocycles. The van der Waals surface area contributed by atoms with E-state index in [1.165, 1.54) is 18.9 Å². The number of anilines is 1. The molecule has 2 N–H and O–H groups in total. The molecule has 0 fully saturated rings. The summed E-state index contributed by atoms with van der Waals surface area (Å²) in [5, 5.41) is 16.6. The molecule has 2 aromatic carbocycles. The zero-order chi connectivity index (χ0) is 23.8. The molecule has 7 nitrogen and oxygen atoms in total. The molecule has 1 atom stereocenters. The fourth-order valence-corrected chi connectivity index (χ4v) is 4.47. The Morgan fingerprint density at radius 1 is 1.15 bits per heavy atom. The molecule has 2 aromatic rings. The molecule has 0 aliphatic carbocycles. The van der Waals surface area contributed by atoms with Crippen LogP contribution >= 0.6 is 11.8 Å². The van der Waals surface area contributed by atoms with Crippen molar-refractivity contribution in [3.05, 3.63) is 82.0 Å². The smallest absolute Gasteiger partial charge is 0.336 e. The van der Waals surface area contributed by atoms with Crippen LogP contribution in [0.3, 0.4) is 0 Å². The quantitative estimate of drug-likeness (QED) is 0.562. The standard InChI is InChI=1S/C25H25N3O4S/c1-4-32-20-13-9-8-12-18(20)23-19(14-26)24(27-16(2)22(23)25(30)31-3)33-15-21(29)28-17-10-6-5-7-11-17/h5-13,23,27H,4,15H2,1-3H3,(H,28,29)/t23-/m0/s1. The number of para-hydroxylation sites is 2. The van der Waals surface area contributed by atoms with Crippen molar-refractivity contribution in [2.75, 3.05) is 24.8 Å². The van der Waals surface area contributed by atoms with Gasteiger partial charge in [-0.15, -0.1) is 0 Å². The van der Waals surface area contributed by atoms with E-state index < -0.39 is 11.9 Å². The molecule has 0 saturated heterocycles. The van der Waals surface area contributed by atoms with Crippen molar-refractivity contribution in [1.82, 2.24) is 5.32 Å². The van der Waals surface area contributed by atoms with Crippen molar-refractivity contribution in [3.63, 3.8) is 0 Å². The maximum absolute atomic E-state index is 12.7. The van der Waals surface area contributed by atoms with E-state index in [4.69, 9.17) is 9.47 Å². The van der Waals surface area contributed by atoms with Gasteiger partial charge in [-0.3, -0.25) is 4.79 Å². The minimum absolute atomic E-state index is 0.0864. The van der Waals surface area contributed by atoms with Crippen molar-refractivity contribution in [2.24, 2.45) is 0 Å². The normalized spacial score (nSPS) is 15.4.